The van der Waals surface area contributed by atoms with E-state index < -0.39 is 55.6 Å². The van der Waals surface area contributed by atoms with Gasteiger partial charge < -0.3 is 34.6 Å². The lowest BCUT2D eigenvalue weighted by Gasteiger charge is -1.95. The summed E-state index contributed by atoms with van der Waals surface area (Å²) in [7, 11) is 2.15. The zero-order valence-corrected chi connectivity index (χ0v) is 18.2. The van der Waals surface area contributed by atoms with E-state index in [4.69, 9.17) is 30.7 Å². The molecule has 0 aromatic heterocycles. The third-order valence-corrected chi connectivity index (χ3v) is 1.83. The van der Waals surface area contributed by atoms with Crippen LogP contribution >= 0.6 is 0 Å². The van der Waals surface area contributed by atoms with E-state index in [0.717, 1.165) is 21.1 Å². The van der Waals surface area contributed by atoms with Crippen molar-refractivity contribution in [2.24, 2.45) is 0 Å². The number of aliphatic hydroxyl groups is 2. The fraction of sp³-hybridized carbons (Fsp3) is 0.722. The molecule has 4 unspecified atom stereocenters. The molecule has 4 atom stereocenters. The number of hydrogen-bond acceptors (Lipinski definition) is 12. The molecule has 0 saturated carbocycles. The fourth-order valence-electron chi connectivity index (χ4n) is 0.778. The van der Waals surface area contributed by atoms with Gasteiger partial charge in [0.15, 0.2) is 0 Å². The van der Waals surface area contributed by atoms with E-state index in [0.29, 0.717) is 13.2 Å². The lowest BCUT2D eigenvalue weighted by Crippen LogP contribution is -2.04. The van der Waals surface area contributed by atoms with Crippen molar-refractivity contribution in [1.82, 2.24) is 0 Å². The molecular weight excluding hydrogens is 440 g/mol. The molecule has 14 heteroatoms. The predicted molar refractivity (Wildman–Crippen MR) is 106 cm³/mol. The summed E-state index contributed by atoms with van der Waals surface area (Å²) in [6.07, 6.45) is -2.86. The molecule has 2 rings (SSSR count). The number of aliphatic hydroxyl groups excluding tert-OH is 2. The normalized spacial score (nSPS) is 20.4. The maximum atomic E-state index is 10.3. The van der Waals surface area contributed by atoms with Crippen LogP contribution < -0.4 is 0 Å². The summed E-state index contributed by atoms with van der Waals surface area (Å²) in [4.78, 5) is 58.2. The Morgan fingerprint density at radius 3 is 1.88 bits per heavy atom. The Kier molecular flexibility index (Phi) is 26.1. The quantitative estimate of drug-likeness (QED) is 0.0901. The molecule has 32 heavy (non-hydrogen) atoms. The van der Waals surface area contributed by atoms with Gasteiger partial charge in [-0.05, 0) is 6.92 Å². The van der Waals surface area contributed by atoms with Crippen LogP contribution in [0.15, 0.2) is 0 Å². The second-order valence-corrected chi connectivity index (χ2v) is 4.42. The number of ether oxygens (including phenoxy) is 3. The maximum Gasteiger partial charge on any atom is 0.314 e. The van der Waals surface area contributed by atoms with Gasteiger partial charge in [-0.2, -0.15) is 0 Å². The van der Waals surface area contributed by atoms with Crippen LogP contribution in [0.1, 0.15) is 45.0 Å². The Bertz CT molecular complexity index is 613. The van der Waals surface area contributed by atoms with Gasteiger partial charge >= 0.3 is 23.9 Å². The van der Waals surface area contributed by atoms with E-state index >= 15 is 0 Å². The highest BCUT2D eigenvalue weighted by atomic mass is 17.2. The number of cyclic esters (lactones) is 2. The van der Waals surface area contributed by atoms with Gasteiger partial charge in [0.25, 0.3) is 5.97 Å². The second kappa shape index (κ2) is 30.5. The first-order valence-electron chi connectivity index (χ1n) is 10.9. The summed E-state index contributed by atoms with van der Waals surface area (Å²) >= 11 is 0. The number of esters is 3. The molecule has 0 aromatic carbocycles. The zero-order valence-electron chi connectivity index (χ0n) is 22.2. The smallest absolute Gasteiger partial charge is 0.314 e. The summed E-state index contributed by atoms with van der Waals surface area (Å²) in [5.41, 5.74) is 0. The van der Waals surface area contributed by atoms with E-state index in [2.05, 4.69) is 24.0 Å². The Labute approximate surface area is 191 Å². The highest BCUT2D eigenvalue weighted by molar-refractivity contribution is 5.92. The molecule has 2 heterocycles. The lowest BCUT2D eigenvalue weighted by atomic mass is 10.3. The molecule has 4 N–H and O–H groups in total. The number of carboxylic acids is 2. The van der Waals surface area contributed by atoms with Crippen LogP contribution in [0, 0.1) is 0 Å². The van der Waals surface area contributed by atoms with Crippen molar-refractivity contribution in [1.29, 1.82) is 0 Å². The zero-order chi connectivity index (χ0) is 29.3. The third kappa shape index (κ3) is 56.4. The minimum Gasteiger partial charge on any atom is -0.481 e. The molecule has 0 radical (unpaired) electrons. The van der Waals surface area contributed by atoms with Crippen molar-refractivity contribution < 1.29 is 73.9 Å². The van der Waals surface area contributed by atoms with Crippen LogP contribution in [0.5, 0.6) is 0 Å². The summed E-state index contributed by atoms with van der Waals surface area (Å²) < 4.78 is 39.0. The number of aliphatic carboxylic acids is 2. The number of carbonyl (C=O) groups excluding carboxylic acids is 3. The van der Waals surface area contributed by atoms with Crippen molar-refractivity contribution in [3.05, 3.63) is 0 Å². The summed E-state index contributed by atoms with van der Waals surface area (Å²) in [5, 5.41) is 30.8. The fourth-order valence-corrected chi connectivity index (χ4v) is 0.778. The number of hydrogen-bond donors (Lipinski definition) is 4. The largest absolute Gasteiger partial charge is 0.481 e. The summed E-state index contributed by atoms with van der Waals surface area (Å²) in [6, 6.07) is 0. The first-order chi connectivity index (χ1) is 16.7. The van der Waals surface area contributed by atoms with Crippen LogP contribution in [-0.2, 0) is 48.0 Å². The monoisotopic (exact) mass is 482 g/mol. The van der Waals surface area contributed by atoms with Crippen LogP contribution in [0.25, 0.3) is 0 Å². The molecule has 2 fully saturated rings. The van der Waals surface area contributed by atoms with Crippen LogP contribution in [0.4, 0.5) is 0 Å². The predicted octanol–water partition coefficient (Wildman–Crippen LogP) is -0.463. The summed E-state index contributed by atoms with van der Waals surface area (Å²) in [5.74, 6) is -4.14. The number of carboxylic acid groups (broad SMARTS) is 2. The van der Waals surface area contributed by atoms with Gasteiger partial charge in [0, 0.05) is 16.8 Å². The van der Waals surface area contributed by atoms with E-state index in [9.17, 15) is 19.2 Å². The van der Waals surface area contributed by atoms with Gasteiger partial charge in [0.05, 0.1) is 61.9 Å². The van der Waals surface area contributed by atoms with Gasteiger partial charge in [-0.1, -0.05) is 0 Å². The molecule has 0 aromatic rings. The van der Waals surface area contributed by atoms with Crippen LogP contribution in [-0.4, -0.2) is 97.5 Å². The van der Waals surface area contributed by atoms with E-state index in [1.54, 1.807) is 6.92 Å². The molecule has 0 spiro atoms. The van der Waals surface area contributed by atoms with Crippen molar-refractivity contribution in [2.45, 2.75) is 39.5 Å². The highest BCUT2D eigenvalue weighted by Gasteiger charge is 2.19. The number of rotatable bonds is 7. The average molecular weight is 482 g/mol. The molecule has 0 aliphatic carbocycles. The topological polar surface area (TPSA) is 216 Å². The van der Waals surface area contributed by atoms with Gasteiger partial charge in [-0.15, -0.1) is 0 Å². The Morgan fingerprint density at radius 1 is 1.16 bits per heavy atom. The van der Waals surface area contributed by atoms with Crippen molar-refractivity contribution in [2.75, 3.05) is 47.2 Å². The number of epoxide rings is 1. The molecule has 0 bridgehead atoms. The molecule has 2 saturated heterocycles. The Balaban J connectivity index is -0.000000181. The van der Waals surface area contributed by atoms with Gasteiger partial charge in [0.2, 0.25) is 0 Å². The van der Waals surface area contributed by atoms with Gasteiger partial charge in [-0.25, -0.2) is 9.78 Å². The molecule has 0 amide bonds. The first-order valence-corrected chi connectivity index (χ1v) is 8.59. The molecule has 190 valence electrons. The van der Waals surface area contributed by atoms with Crippen molar-refractivity contribution in [3.8, 4) is 0 Å². The first kappa shape index (κ1) is 27.4. The van der Waals surface area contributed by atoms with Gasteiger partial charge in [-0.3, -0.25) is 24.0 Å². The molecule has 2 aliphatic rings. The minimum absolute atomic E-state index is 0.0845. The maximum absolute atomic E-state index is 10.3. The molecular formula is C18H34O14. The summed E-state index contributed by atoms with van der Waals surface area (Å²) in [6.45, 7) is 2.48. The van der Waals surface area contributed by atoms with Crippen LogP contribution in [0.3, 0.4) is 0 Å². The van der Waals surface area contributed by atoms with Gasteiger partial charge in [0.1, 0.15) is 6.61 Å². The number of carbonyl (C=O) groups is 5. The Morgan fingerprint density at radius 2 is 1.66 bits per heavy atom. The second-order valence-electron chi connectivity index (χ2n) is 4.42. The molecule has 14 nitrogen and oxygen atoms in total. The average Bonchev–Trinajstić information content (AvgIpc) is 3.51. The standard InChI is InChI=1S/C5H8O4.C4H4O3.C4H10O3.C2H4O2.C2H4O.CH4O/c1-9-5(8)3-2-4(6)7;5-3-1-2-4(6)7-3;1-2-6-7-4-3-5;1-2(3)4;1-2-3-1;1-2/h2-3H2,1H3,(H,6,7);1-2H2;5H,2-4H2,1H3;1H3,(H,3,4);1-2H2;2H,1H3/i2T;1T;3T;;1T;. The number of methoxy groups -OCH3 is 1. The highest BCUT2D eigenvalue weighted by Crippen LogP contribution is 2.03. The van der Waals surface area contributed by atoms with Crippen molar-refractivity contribution in [3.63, 3.8) is 0 Å². The SMILES string of the molecule is CC(=O)O.CO.[3H]C(CC(=O)OC)C(=O)O.[3H]C(O)COOCC.[3H]C1CC(=O)OC1=O.[3H]C1CO1. The third-order valence-electron chi connectivity index (χ3n) is 1.83. The van der Waals surface area contributed by atoms with Crippen LogP contribution in [0.2, 0.25) is 0 Å². The Hall–Kier alpha value is -2.65. The van der Waals surface area contributed by atoms with E-state index in [1.165, 1.54) is 0 Å². The van der Waals surface area contributed by atoms with Crippen molar-refractivity contribution >= 4 is 29.8 Å². The lowest BCUT2D eigenvalue weighted by molar-refractivity contribution is -0.294. The molecule has 2 aliphatic heterocycles. The van der Waals surface area contributed by atoms with E-state index in [-0.39, 0.29) is 19.6 Å². The van der Waals surface area contributed by atoms with E-state index in [1.807, 2.05) is 0 Å². The minimum atomic E-state index is -1.41.